The zero-order chi connectivity index (χ0) is 18.4. The third-order valence-electron chi connectivity index (χ3n) is 5.21. The van der Waals surface area contributed by atoms with E-state index < -0.39 is 0 Å². The largest absolute Gasteiger partial charge is 0.496 e. The highest BCUT2D eigenvalue weighted by Gasteiger charge is 2.26. The van der Waals surface area contributed by atoms with E-state index in [4.69, 9.17) is 4.74 Å². The average Bonchev–Trinajstić information content (AvgIpc) is 3.19. The van der Waals surface area contributed by atoms with Gasteiger partial charge in [0.25, 0.3) is 0 Å². The maximum absolute atomic E-state index is 5.49. The number of ether oxygens (including phenoxy) is 1. The zero-order valence-electron chi connectivity index (χ0n) is 16.0. The molecule has 1 saturated heterocycles. The Kier molecular flexibility index (Phi) is 6.16. The first-order valence-electron chi connectivity index (χ1n) is 9.36. The maximum Gasteiger partial charge on any atom is 0.193 e. The van der Waals surface area contributed by atoms with Crippen LogP contribution in [-0.2, 0) is 0 Å². The van der Waals surface area contributed by atoms with E-state index in [1.807, 2.05) is 19.2 Å². The standard InChI is InChI=1S/C22H29N3O/c1-17(20-11-7-8-12-21(20)26-3)15-24-22(23-2)25-14-13-19(16-25)18-9-5-4-6-10-18/h4-12,17,19H,13-16H2,1-3H3,(H,23,24). The van der Waals surface area contributed by atoms with E-state index in [0.717, 1.165) is 31.3 Å². The summed E-state index contributed by atoms with van der Waals surface area (Å²) < 4.78 is 5.49. The van der Waals surface area contributed by atoms with E-state index in [1.54, 1.807) is 7.11 Å². The highest BCUT2D eigenvalue weighted by atomic mass is 16.5. The fourth-order valence-electron chi connectivity index (χ4n) is 3.71. The number of aliphatic imine (C=N–C) groups is 1. The number of rotatable bonds is 5. The Bertz CT molecular complexity index is 729. The van der Waals surface area contributed by atoms with Crippen LogP contribution in [0.4, 0.5) is 0 Å². The van der Waals surface area contributed by atoms with Crippen LogP contribution in [0.15, 0.2) is 59.6 Å². The first-order chi connectivity index (χ1) is 12.7. The van der Waals surface area contributed by atoms with Crippen LogP contribution in [0.25, 0.3) is 0 Å². The molecule has 0 saturated carbocycles. The van der Waals surface area contributed by atoms with Crippen LogP contribution in [-0.4, -0.2) is 44.7 Å². The summed E-state index contributed by atoms with van der Waals surface area (Å²) in [5.74, 6) is 2.86. The molecule has 0 bridgehead atoms. The first-order valence-corrected chi connectivity index (χ1v) is 9.36. The molecule has 1 heterocycles. The van der Waals surface area contributed by atoms with Crippen LogP contribution in [0.3, 0.4) is 0 Å². The van der Waals surface area contributed by atoms with Gasteiger partial charge in [0.1, 0.15) is 5.75 Å². The fraction of sp³-hybridized carbons (Fsp3) is 0.409. The molecule has 26 heavy (non-hydrogen) atoms. The molecule has 0 aromatic heterocycles. The summed E-state index contributed by atoms with van der Waals surface area (Å²) in [4.78, 5) is 6.87. The second-order valence-electron chi connectivity index (χ2n) is 6.91. The maximum atomic E-state index is 5.49. The molecule has 4 heteroatoms. The lowest BCUT2D eigenvalue weighted by Gasteiger charge is -2.24. The lowest BCUT2D eigenvalue weighted by molar-refractivity contribution is 0.405. The minimum Gasteiger partial charge on any atom is -0.496 e. The van der Waals surface area contributed by atoms with Crippen molar-refractivity contribution in [2.45, 2.75) is 25.2 Å². The van der Waals surface area contributed by atoms with Crippen LogP contribution in [0.2, 0.25) is 0 Å². The predicted molar refractivity (Wildman–Crippen MR) is 108 cm³/mol. The fourth-order valence-corrected chi connectivity index (χ4v) is 3.71. The van der Waals surface area contributed by atoms with Crippen molar-refractivity contribution in [3.05, 3.63) is 65.7 Å². The number of methoxy groups -OCH3 is 1. The van der Waals surface area contributed by atoms with E-state index in [9.17, 15) is 0 Å². The average molecular weight is 351 g/mol. The first kappa shape index (κ1) is 18.3. The Balaban J connectivity index is 1.59. The predicted octanol–water partition coefficient (Wildman–Crippen LogP) is 3.86. The highest BCUT2D eigenvalue weighted by Crippen LogP contribution is 2.28. The van der Waals surface area contributed by atoms with Crippen LogP contribution in [0.1, 0.15) is 36.3 Å². The van der Waals surface area contributed by atoms with Crippen LogP contribution >= 0.6 is 0 Å². The van der Waals surface area contributed by atoms with Gasteiger partial charge in [0.05, 0.1) is 7.11 Å². The van der Waals surface area contributed by atoms with Crippen molar-refractivity contribution in [1.82, 2.24) is 10.2 Å². The Morgan fingerprint density at radius 2 is 1.92 bits per heavy atom. The van der Waals surface area contributed by atoms with Gasteiger partial charge >= 0.3 is 0 Å². The number of nitrogens with one attached hydrogen (secondary N) is 1. The molecule has 4 nitrogen and oxygen atoms in total. The molecule has 2 atom stereocenters. The van der Waals surface area contributed by atoms with Gasteiger partial charge in [0, 0.05) is 38.5 Å². The van der Waals surface area contributed by atoms with Gasteiger partial charge in [-0.05, 0) is 23.6 Å². The molecule has 3 rings (SSSR count). The van der Waals surface area contributed by atoms with Gasteiger partial charge in [-0.25, -0.2) is 0 Å². The summed E-state index contributed by atoms with van der Waals surface area (Å²) in [5.41, 5.74) is 2.65. The Hall–Kier alpha value is -2.49. The van der Waals surface area contributed by atoms with E-state index in [0.29, 0.717) is 11.8 Å². The molecule has 2 aromatic carbocycles. The third-order valence-corrected chi connectivity index (χ3v) is 5.21. The number of likely N-dealkylation sites (tertiary alicyclic amines) is 1. The topological polar surface area (TPSA) is 36.9 Å². The summed E-state index contributed by atoms with van der Waals surface area (Å²) in [7, 11) is 3.60. The molecular formula is C22H29N3O. The van der Waals surface area contributed by atoms with Gasteiger partial charge in [0.15, 0.2) is 5.96 Å². The number of para-hydroxylation sites is 1. The Labute approximate surface area is 156 Å². The molecule has 1 N–H and O–H groups in total. The van der Waals surface area contributed by atoms with Gasteiger partial charge in [-0.2, -0.15) is 0 Å². The van der Waals surface area contributed by atoms with Crippen molar-refractivity contribution in [2.24, 2.45) is 4.99 Å². The van der Waals surface area contributed by atoms with E-state index in [-0.39, 0.29) is 0 Å². The number of hydrogen-bond acceptors (Lipinski definition) is 2. The van der Waals surface area contributed by atoms with Crippen molar-refractivity contribution in [1.29, 1.82) is 0 Å². The van der Waals surface area contributed by atoms with Crippen molar-refractivity contribution < 1.29 is 4.74 Å². The van der Waals surface area contributed by atoms with E-state index in [1.165, 1.54) is 17.5 Å². The molecule has 2 unspecified atom stereocenters. The summed E-state index contributed by atoms with van der Waals surface area (Å²) in [6.07, 6.45) is 1.17. The lowest BCUT2D eigenvalue weighted by Crippen LogP contribution is -2.41. The van der Waals surface area contributed by atoms with Crippen molar-refractivity contribution in [3.63, 3.8) is 0 Å². The van der Waals surface area contributed by atoms with Crippen LogP contribution in [0, 0.1) is 0 Å². The van der Waals surface area contributed by atoms with Gasteiger partial charge < -0.3 is 15.0 Å². The normalized spacial score (nSPS) is 18.7. The van der Waals surface area contributed by atoms with Crippen LogP contribution in [0.5, 0.6) is 5.75 Å². The zero-order valence-corrected chi connectivity index (χ0v) is 16.0. The van der Waals surface area contributed by atoms with Gasteiger partial charge in [-0.15, -0.1) is 0 Å². The summed E-state index contributed by atoms with van der Waals surface area (Å²) >= 11 is 0. The second kappa shape index (κ2) is 8.75. The van der Waals surface area contributed by atoms with E-state index >= 15 is 0 Å². The highest BCUT2D eigenvalue weighted by molar-refractivity contribution is 5.80. The van der Waals surface area contributed by atoms with Crippen molar-refractivity contribution >= 4 is 5.96 Å². The molecule has 1 fully saturated rings. The number of guanidine groups is 1. The van der Waals surface area contributed by atoms with Crippen LogP contribution < -0.4 is 10.1 Å². The molecular weight excluding hydrogens is 322 g/mol. The molecule has 0 amide bonds. The second-order valence-corrected chi connectivity index (χ2v) is 6.91. The number of nitrogens with zero attached hydrogens (tertiary/aromatic N) is 2. The van der Waals surface area contributed by atoms with Crippen molar-refractivity contribution in [2.75, 3.05) is 33.8 Å². The summed E-state index contributed by atoms with van der Waals surface area (Å²) in [6, 6.07) is 19.0. The van der Waals surface area contributed by atoms with Crippen molar-refractivity contribution in [3.8, 4) is 5.75 Å². The minimum absolute atomic E-state index is 0.343. The van der Waals surface area contributed by atoms with Gasteiger partial charge in [-0.1, -0.05) is 55.5 Å². The summed E-state index contributed by atoms with van der Waals surface area (Å²) in [6.45, 7) is 5.11. The smallest absolute Gasteiger partial charge is 0.193 e. The lowest BCUT2D eigenvalue weighted by atomic mass is 9.99. The Morgan fingerprint density at radius 1 is 1.19 bits per heavy atom. The Morgan fingerprint density at radius 3 is 2.65 bits per heavy atom. The third kappa shape index (κ3) is 4.18. The van der Waals surface area contributed by atoms with Gasteiger partial charge in [-0.3, -0.25) is 4.99 Å². The molecule has 0 radical (unpaired) electrons. The summed E-state index contributed by atoms with van der Waals surface area (Å²) in [5, 5.41) is 3.55. The number of benzene rings is 2. The number of hydrogen-bond donors (Lipinski definition) is 1. The van der Waals surface area contributed by atoms with Gasteiger partial charge in [0.2, 0.25) is 0 Å². The monoisotopic (exact) mass is 351 g/mol. The molecule has 1 aliphatic rings. The minimum atomic E-state index is 0.343. The molecule has 2 aromatic rings. The SMILES string of the molecule is CN=C(NCC(C)c1ccccc1OC)N1CCC(c2ccccc2)C1. The molecule has 138 valence electrons. The quantitative estimate of drug-likeness (QED) is 0.656. The molecule has 1 aliphatic heterocycles. The molecule has 0 aliphatic carbocycles. The van der Waals surface area contributed by atoms with E-state index in [2.05, 4.69) is 64.6 Å². The molecule has 0 spiro atoms.